The van der Waals surface area contributed by atoms with E-state index in [4.69, 9.17) is 16.8 Å². The number of nitrogens with zero attached hydrogens (tertiary/aromatic N) is 1. The molecule has 2 aliphatic rings. The minimum absolute atomic E-state index is 0.0498. The fourth-order valence-corrected chi connectivity index (χ4v) is 3.70. The number of rotatable bonds is 1. The van der Waals surface area contributed by atoms with E-state index in [1.165, 1.54) is 6.42 Å². The van der Waals surface area contributed by atoms with Gasteiger partial charge in [0.2, 0.25) is 0 Å². The maximum absolute atomic E-state index is 8.93. The Kier molecular flexibility index (Phi) is 1.88. The fraction of sp³-hybridized carbons (Fsp3) is 0.900. The average molecular weight is 202 g/mol. The van der Waals surface area contributed by atoms with Gasteiger partial charge in [0.25, 0.3) is 0 Å². The molecule has 2 fully saturated rings. The van der Waals surface area contributed by atoms with Gasteiger partial charge in [-0.25, -0.2) is 0 Å². The summed E-state index contributed by atoms with van der Waals surface area (Å²) in [4.78, 5) is 0. The Hall–Kier alpha value is -0.240. The van der Waals surface area contributed by atoms with Crippen molar-refractivity contribution in [2.24, 2.45) is 21.9 Å². The van der Waals surface area contributed by atoms with E-state index in [2.05, 4.69) is 19.0 Å². The smallest absolute Gasteiger partial charge is 0.0638 e. The molecule has 3 heteroatoms. The van der Waals surface area contributed by atoms with Gasteiger partial charge < -0.3 is 5.21 Å². The van der Waals surface area contributed by atoms with Crippen LogP contribution in [0.4, 0.5) is 0 Å². The third kappa shape index (κ3) is 0.876. The van der Waals surface area contributed by atoms with Crippen LogP contribution in [0.5, 0.6) is 0 Å². The number of hydrogen-bond donors (Lipinski definition) is 1. The van der Waals surface area contributed by atoms with Crippen molar-refractivity contribution in [1.29, 1.82) is 0 Å². The molecular weight excluding hydrogens is 186 g/mol. The highest BCUT2D eigenvalue weighted by molar-refractivity contribution is 6.19. The summed E-state index contributed by atoms with van der Waals surface area (Å²) in [7, 11) is 0. The molecule has 0 aromatic carbocycles. The summed E-state index contributed by atoms with van der Waals surface area (Å²) in [6, 6.07) is 0. The van der Waals surface area contributed by atoms with Crippen LogP contribution in [0.25, 0.3) is 0 Å². The van der Waals surface area contributed by atoms with Gasteiger partial charge in [-0.15, -0.1) is 11.6 Å². The lowest BCUT2D eigenvalue weighted by molar-refractivity contribution is 0.195. The molecule has 13 heavy (non-hydrogen) atoms. The quantitative estimate of drug-likeness (QED) is 0.395. The highest BCUT2D eigenvalue weighted by atomic mass is 35.5. The molecule has 0 radical (unpaired) electrons. The second-order valence-electron chi connectivity index (χ2n) is 4.87. The highest BCUT2D eigenvalue weighted by Gasteiger charge is 2.62. The molecule has 2 aliphatic carbocycles. The summed E-state index contributed by atoms with van der Waals surface area (Å²) in [6.45, 7) is 4.42. The standard InChI is InChI=1S/C10H16ClNO/c1-9-4-3-7(5-8(9)12-13)10(9,2)6-11/h7,13H,3-6H2,1-2H3/b12-8+. The van der Waals surface area contributed by atoms with Crippen molar-refractivity contribution in [3.8, 4) is 0 Å². The van der Waals surface area contributed by atoms with E-state index in [9.17, 15) is 0 Å². The van der Waals surface area contributed by atoms with E-state index >= 15 is 0 Å². The van der Waals surface area contributed by atoms with Crippen LogP contribution in [0.3, 0.4) is 0 Å². The summed E-state index contributed by atoms with van der Waals surface area (Å²) in [5.41, 5.74) is 1.16. The van der Waals surface area contributed by atoms with Crippen LogP contribution in [0, 0.1) is 16.7 Å². The zero-order chi connectivity index (χ0) is 9.69. The van der Waals surface area contributed by atoms with Crippen molar-refractivity contribution in [3.63, 3.8) is 0 Å². The van der Waals surface area contributed by atoms with Crippen LogP contribution in [-0.4, -0.2) is 16.8 Å². The van der Waals surface area contributed by atoms with Crippen molar-refractivity contribution in [2.75, 3.05) is 5.88 Å². The van der Waals surface area contributed by atoms with Crippen molar-refractivity contribution in [3.05, 3.63) is 0 Å². The van der Waals surface area contributed by atoms with Crippen molar-refractivity contribution < 1.29 is 5.21 Å². The van der Waals surface area contributed by atoms with Crippen molar-refractivity contribution in [1.82, 2.24) is 0 Å². The lowest BCUT2D eigenvalue weighted by Gasteiger charge is -2.35. The maximum Gasteiger partial charge on any atom is 0.0638 e. The number of oxime groups is 1. The molecule has 2 bridgehead atoms. The minimum atomic E-state index is 0.0498. The molecule has 0 saturated heterocycles. The molecule has 2 nitrogen and oxygen atoms in total. The molecule has 2 saturated carbocycles. The van der Waals surface area contributed by atoms with E-state index in [-0.39, 0.29) is 10.8 Å². The normalized spacial score (nSPS) is 51.9. The van der Waals surface area contributed by atoms with Gasteiger partial charge in [0.1, 0.15) is 0 Å². The zero-order valence-corrected chi connectivity index (χ0v) is 8.93. The van der Waals surface area contributed by atoms with Gasteiger partial charge in [-0.05, 0) is 30.6 Å². The predicted molar refractivity (Wildman–Crippen MR) is 53.5 cm³/mol. The predicted octanol–water partition coefficient (Wildman–Crippen LogP) is 2.88. The first-order valence-corrected chi connectivity index (χ1v) is 5.39. The Balaban J connectivity index is 2.45. The molecule has 0 spiro atoms. The summed E-state index contributed by atoms with van der Waals surface area (Å²) in [5, 5.41) is 12.4. The van der Waals surface area contributed by atoms with E-state index < -0.39 is 0 Å². The zero-order valence-electron chi connectivity index (χ0n) is 8.18. The molecule has 74 valence electrons. The molecule has 3 atom stereocenters. The SMILES string of the molecule is CC12CCC(C/C1=N\O)C2(C)CCl. The molecule has 0 aromatic rings. The monoisotopic (exact) mass is 201 g/mol. The molecule has 0 aliphatic heterocycles. The Labute approximate surface area is 84.0 Å². The topological polar surface area (TPSA) is 32.6 Å². The fourth-order valence-electron chi connectivity index (χ4n) is 3.19. The van der Waals surface area contributed by atoms with Crippen LogP contribution in [0.1, 0.15) is 33.1 Å². The second-order valence-corrected chi connectivity index (χ2v) is 5.14. The van der Waals surface area contributed by atoms with Gasteiger partial charge >= 0.3 is 0 Å². The van der Waals surface area contributed by atoms with Crippen LogP contribution < -0.4 is 0 Å². The first-order chi connectivity index (χ1) is 6.08. The summed E-state index contributed by atoms with van der Waals surface area (Å²) < 4.78 is 0. The number of fused-ring (bicyclic) bond motifs is 2. The summed E-state index contributed by atoms with van der Waals surface area (Å²) >= 11 is 6.05. The van der Waals surface area contributed by atoms with Crippen LogP contribution >= 0.6 is 11.6 Å². The largest absolute Gasteiger partial charge is 0.411 e. The lowest BCUT2D eigenvalue weighted by atomic mass is 9.70. The second kappa shape index (κ2) is 2.63. The molecule has 1 N–H and O–H groups in total. The Bertz CT molecular complexity index is 266. The van der Waals surface area contributed by atoms with Gasteiger partial charge in [-0.3, -0.25) is 0 Å². The van der Waals surface area contributed by atoms with E-state index in [1.54, 1.807) is 0 Å². The lowest BCUT2D eigenvalue weighted by Crippen LogP contribution is -2.36. The Morgan fingerprint density at radius 2 is 2.31 bits per heavy atom. The van der Waals surface area contributed by atoms with Gasteiger partial charge in [0.15, 0.2) is 0 Å². The third-order valence-corrected chi connectivity index (χ3v) is 5.18. The van der Waals surface area contributed by atoms with E-state index in [0.717, 1.165) is 18.6 Å². The molecule has 0 heterocycles. The van der Waals surface area contributed by atoms with Crippen molar-refractivity contribution in [2.45, 2.75) is 33.1 Å². The third-order valence-electron chi connectivity index (χ3n) is 4.63. The Morgan fingerprint density at radius 1 is 1.62 bits per heavy atom. The molecular formula is C10H16ClNO. The van der Waals surface area contributed by atoms with Crippen molar-refractivity contribution >= 4 is 17.3 Å². The van der Waals surface area contributed by atoms with Gasteiger partial charge in [-0.1, -0.05) is 19.0 Å². The van der Waals surface area contributed by atoms with E-state index in [1.807, 2.05) is 0 Å². The van der Waals surface area contributed by atoms with Gasteiger partial charge in [0.05, 0.1) is 5.71 Å². The molecule has 0 amide bonds. The van der Waals surface area contributed by atoms with E-state index in [0.29, 0.717) is 11.8 Å². The minimum Gasteiger partial charge on any atom is -0.411 e. The summed E-state index contributed by atoms with van der Waals surface area (Å²) in [6.07, 6.45) is 3.30. The molecule has 0 aromatic heterocycles. The maximum atomic E-state index is 8.93. The Morgan fingerprint density at radius 3 is 2.69 bits per heavy atom. The highest BCUT2D eigenvalue weighted by Crippen LogP contribution is 2.64. The first kappa shape index (κ1) is 9.32. The number of hydrogen-bond acceptors (Lipinski definition) is 2. The van der Waals surface area contributed by atoms with Gasteiger partial charge in [0, 0.05) is 11.3 Å². The first-order valence-electron chi connectivity index (χ1n) is 4.86. The van der Waals surface area contributed by atoms with Crippen LogP contribution in [0.15, 0.2) is 5.16 Å². The molecule has 3 unspecified atom stereocenters. The average Bonchev–Trinajstić information content (AvgIpc) is 2.51. The van der Waals surface area contributed by atoms with Crippen LogP contribution in [0.2, 0.25) is 0 Å². The van der Waals surface area contributed by atoms with Crippen LogP contribution in [-0.2, 0) is 0 Å². The van der Waals surface area contributed by atoms with Gasteiger partial charge in [-0.2, -0.15) is 0 Å². The summed E-state index contributed by atoms with van der Waals surface area (Å²) in [5.74, 6) is 1.30. The number of halogens is 1. The number of alkyl halides is 1. The molecule has 2 rings (SSSR count).